The molecule has 1 saturated heterocycles. The number of aliphatic hydroxyl groups excluding tert-OH is 1. The maximum Gasteiger partial charge on any atom is 0.301 e. The predicted octanol–water partition coefficient (Wildman–Crippen LogP) is 5.87. The number of anilines is 1. The zero-order valence-electron chi connectivity index (χ0n) is 23.1. The highest BCUT2D eigenvalue weighted by Gasteiger charge is 2.48. The first kappa shape index (κ1) is 28.8. The minimum absolute atomic E-state index is 0.105. The molecular formula is C30H32N2O7S. The molecule has 40 heavy (non-hydrogen) atoms. The normalized spacial score (nSPS) is 16.3. The van der Waals surface area contributed by atoms with Gasteiger partial charge in [-0.25, -0.2) is 4.98 Å². The summed E-state index contributed by atoms with van der Waals surface area (Å²) in [6, 6.07) is 10.6. The summed E-state index contributed by atoms with van der Waals surface area (Å²) in [6.45, 7) is 5.73. The van der Waals surface area contributed by atoms with Gasteiger partial charge in [-0.1, -0.05) is 37.2 Å². The van der Waals surface area contributed by atoms with Crippen molar-refractivity contribution in [3.8, 4) is 17.2 Å². The fourth-order valence-corrected chi connectivity index (χ4v) is 5.56. The van der Waals surface area contributed by atoms with Gasteiger partial charge in [-0.05, 0) is 55.3 Å². The number of hydrogen-bond acceptors (Lipinski definition) is 9. The molecule has 0 bridgehead atoms. The van der Waals surface area contributed by atoms with E-state index in [1.807, 2.05) is 0 Å². The lowest BCUT2D eigenvalue weighted by atomic mass is 9.95. The van der Waals surface area contributed by atoms with Gasteiger partial charge in [0, 0.05) is 12.5 Å². The largest absolute Gasteiger partial charge is 0.507 e. The number of aliphatic hydroxyl groups is 1. The van der Waals surface area contributed by atoms with Gasteiger partial charge in [0.15, 0.2) is 22.4 Å². The summed E-state index contributed by atoms with van der Waals surface area (Å²) in [7, 11) is 3.03. The number of carbonyl (C=O) groups excluding carboxylic acids is 3. The van der Waals surface area contributed by atoms with E-state index in [0.717, 1.165) is 30.6 Å². The van der Waals surface area contributed by atoms with Crippen LogP contribution in [0.4, 0.5) is 5.13 Å². The van der Waals surface area contributed by atoms with Gasteiger partial charge in [0.2, 0.25) is 0 Å². The Hall–Kier alpha value is -4.18. The summed E-state index contributed by atoms with van der Waals surface area (Å²) in [5, 5.41) is 11.6. The van der Waals surface area contributed by atoms with E-state index in [9.17, 15) is 19.5 Å². The molecule has 0 saturated carbocycles. The number of aryl methyl sites for hydroxylation is 1. The Morgan fingerprint density at radius 3 is 2.38 bits per heavy atom. The van der Waals surface area contributed by atoms with Crippen molar-refractivity contribution in [3.63, 3.8) is 0 Å². The summed E-state index contributed by atoms with van der Waals surface area (Å²) < 4.78 is 16.7. The summed E-state index contributed by atoms with van der Waals surface area (Å²) >= 11 is 1.03. The molecule has 0 unspecified atom stereocenters. The van der Waals surface area contributed by atoms with Crippen molar-refractivity contribution in [2.45, 2.75) is 46.1 Å². The molecule has 2 aromatic carbocycles. The third kappa shape index (κ3) is 5.58. The molecule has 1 aromatic heterocycles. The molecule has 1 atom stereocenters. The molecule has 9 nitrogen and oxygen atoms in total. The Labute approximate surface area is 237 Å². The van der Waals surface area contributed by atoms with Crippen molar-refractivity contribution in [1.82, 2.24) is 4.98 Å². The number of methoxy groups -OCH3 is 2. The number of rotatable bonds is 11. The number of amides is 1. The Bertz CT molecular complexity index is 1460. The molecule has 10 heteroatoms. The van der Waals surface area contributed by atoms with E-state index in [2.05, 4.69) is 11.9 Å². The van der Waals surface area contributed by atoms with Crippen LogP contribution in [0.5, 0.6) is 17.2 Å². The van der Waals surface area contributed by atoms with Gasteiger partial charge >= 0.3 is 5.91 Å². The van der Waals surface area contributed by atoms with Crippen LogP contribution < -0.4 is 19.1 Å². The third-order valence-electron chi connectivity index (χ3n) is 6.63. The SMILES string of the molecule is CCCCCOc1ccc([C@H]2C(=C(O)c3ccc(OC)cc3)C(=O)C(=O)N2c2nc(C)c(C(C)=O)s2)cc1OC. The average Bonchev–Trinajstić information content (AvgIpc) is 3.47. The lowest BCUT2D eigenvalue weighted by molar-refractivity contribution is -0.132. The fourth-order valence-electron chi connectivity index (χ4n) is 4.57. The molecular weight excluding hydrogens is 532 g/mol. The lowest BCUT2D eigenvalue weighted by Gasteiger charge is -2.24. The van der Waals surface area contributed by atoms with E-state index in [1.165, 1.54) is 26.0 Å². The van der Waals surface area contributed by atoms with Crippen molar-refractivity contribution < 1.29 is 33.7 Å². The maximum atomic E-state index is 13.5. The maximum absolute atomic E-state index is 13.5. The molecule has 4 rings (SSSR count). The third-order valence-corrected chi connectivity index (χ3v) is 7.89. The average molecular weight is 565 g/mol. The molecule has 1 N–H and O–H groups in total. The standard InChI is InChI=1S/C30H32N2O7S/c1-6-7-8-15-39-22-14-11-20(16-23(22)38-5)25-24(26(34)19-9-12-21(37-4)13-10-19)27(35)29(36)32(25)30-31-17(2)28(40-30)18(3)33/h9-14,16,25,34H,6-8,15H2,1-5H3/t25-/m0/s1. The Balaban J connectivity index is 1.87. The second-order valence-corrected chi connectivity index (χ2v) is 10.3. The van der Waals surface area contributed by atoms with Gasteiger partial charge in [-0.15, -0.1) is 0 Å². The number of benzene rings is 2. The molecule has 1 amide bonds. The molecule has 0 spiro atoms. The van der Waals surface area contributed by atoms with Crippen molar-refractivity contribution >= 4 is 39.7 Å². The van der Waals surface area contributed by atoms with Crippen LogP contribution in [0.15, 0.2) is 48.0 Å². The highest BCUT2D eigenvalue weighted by atomic mass is 32.1. The van der Waals surface area contributed by atoms with Crippen LogP contribution >= 0.6 is 11.3 Å². The van der Waals surface area contributed by atoms with Crippen molar-refractivity contribution in [2.24, 2.45) is 0 Å². The van der Waals surface area contributed by atoms with Crippen molar-refractivity contribution in [1.29, 1.82) is 0 Å². The minimum atomic E-state index is -1.03. The van der Waals surface area contributed by atoms with Crippen LogP contribution in [-0.2, 0) is 9.59 Å². The quantitative estimate of drug-likeness (QED) is 0.101. The van der Waals surface area contributed by atoms with Gasteiger partial charge in [0.1, 0.15) is 11.5 Å². The van der Waals surface area contributed by atoms with Crippen LogP contribution in [0.3, 0.4) is 0 Å². The van der Waals surface area contributed by atoms with Gasteiger partial charge in [0.05, 0.1) is 43.0 Å². The van der Waals surface area contributed by atoms with E-state index in [1.54, 1.807) is 49.4 Å². The molecule has 0 radical (unpaired) electrons. The number of thiazole rings is 1. The first-order valence-corrected chi connectivity index (χ1v) is 13.8. The summed E-state index contributed by atoms with van der Waals surface area (Å²) in [5.74, 6) is -0.742. The number of nitrogens with zero attached hydrogens (tertiary/aromatic N) is 2. The second kappa shape index (κ2) is 12.3. The van der Waals surface area contributed by atoms with Crippen LogP contribution in [0, 0.1) is 6.92 Å². The predicted molar refractivity (Wildman–Crippen MR) is 153 cm³/mol. The zero-order valence-corrected chi connectivity index (χ0v) is 24.0. The smallest absolute Gasteiger partial charge is 0.301 e. The van der Waals surface area contributed by atoms with Gasteiger partial charge in [0.25, 0.3) is 5.78 Å². The number of hydrogen-bond donors (Lipinski definition) is 1. The van der Waals surface area contributed by atoms with Crippen molar-refractivity contribution in [2.75, 3.05) is 25.7 Å². The molecule has 3 aromatic rings. The summed E-state index contributed by atoms with van der Waals surface area (Å²) in [6.07, 6.45) is 2.99. The van der Waals surface area contributed by atoms with Crippen molar-refractivity contribution in [3.05, 3.63) is 69.7 Å². The first-order valence-electron chi connectivity index (χ1n) is 13.0. The summed E-state index contributed by atoms with van der Waals surface area (Å²) in [5.41, 5.74) is 1.19. The molecule has 1 fully saturated rings. The van der Waals surface area contributed by atoms with Crippen LogP contribution in [0.2, 0.25) is 0 Å². The van der Waals surface area contributed by atoms with Gasteiger partial charge in [-0.2, -0.15) is 0 Å². The second-order valence-electron chi connectivity index (χ2n) is 9.33. The van der Waals surface area contributed by atoms with E-state index in [-0.39, 0.29) is 22.2 Å². The van der Waals surface area contributed by atoms with E-state index in [0.29, 0.717) is 45.6 Å². The summed E-state index contributed by atoms with van der Waals surface area (Å²) in [4.78, 5) is 45.2. The van der Waals surface area contributed by atoms with Crippen LogP contribution in [-0.4, -0.2) is 48.4 Å². The number of ether oxygens (including phenoxy) is 3. The Morgan fingerprint density at radius 2 is 1.77 bits per heavy atom. The molecule has 1 aliphatic heterocycles. The van der Waals surface area contributed by atoms with E-state index in [4.69, 9.17) is 14.2 Å². The van der Waals surface area contributed by atoms with Crippen LogP contribution in [0.1, 0.15) is 65.6 Å². The number of Topliss-reactive ketones (excluding diaryl/α,β-unsaturated/α-hetero) is 2. The molecule has 1 aliphatic rings. The number of unbranched alkanes of at least 4 members (excludes halogenated alkanes) is 2. The number of aromatic nitrogens is 1. The monoisotopic (exact) mass is 564 g/mol. The van der Waals surface area contributed by atoms with Gasteiger partial charge in [-0.3, -0.25) is 19.3 Å². The fraction of sp³-hybridized carbons (Fsp3) is 0.333. The van der Waals surface area contributed by atoms with E-state index >= 15 is 0 Å². The lowest BCUT2D eigenvalue weighted by Crippen LogP contribution is -2.29. The number of ketones is 2. The molecule has 2 heterocycles. The topological polar surface area (TPSA) is 115 Å². The highest BCUT2D eigenvalue weighted by molar-refractivity contribution is 7.18. The highest BCUT2D eigenvalue weighted by Crippen LogP contribution is 2.45. The van der Waals surface area contributed by atoms with Gasteiger partial charge < -0.3 is 19.3 Å². The van der Waals surface area contributed by atoms with E-state index < -0.39 is 17.7 Å². The Kier molecular flexibility index (Phi) is 8.89. The van der Waals surface area contributed by atoms with Crippen LogP contribution in [0.25, 0.3) is 5.76 Å². The minimum Gasteiger partial charge on any atom is -0.507 e. The number of carbonyl (C=O) groups is 3. The molecule has 0 aliphatic carbocycles. The zero-order chi connectivity index (χ0) is 29.0. The first-order chi connectivity index (χ1) is 19.2. The Morgan fingerprint density at radius 1 is 1.05 bits per heavy atom. The molecule has 210 valence electrons.